The molecule has 0 radical (unpaired) electrons. The molecule has 2 aromatic rings. The summed E-state index contributed by atoms with van der Waals surface area (Å²) < 4.78 is 0. The smallest absolute Gasteiger partial charge is 0.230 e. The van der Waals surface area contributed by atoms with E-state index in [1.54, 1.807) is 11.3 Å². The Kier molecular flexibility index (Phi) is 4.32. The van der Waals surface area contributed by atoms with Crippen LogP contribution >= 0.6 is 11.3 Å². The van der Waals surface area contributed by atoms with Gasteiger partial charge in [-0.15, -0.1) is 11.3 Å². The highest BCUT2D eigenvalue weighted by Crippen LogP contribution is 2.21. The second kappa shape index (κ2) is 5.97. The molecule has 1 amide bonds. The first-order valence-corrected chi connectivity index (χ1v) is 7.27. The minimum atomic E-state index is -0.00528. The molecule has 100 valence electrons. The molecule has 0 saturated heterocycles. The number of carbonyl (C=O) groups is 1. The van der Waals surface area contributed by atoms with Gasteiger partial charge in [0.05, 0.1) is 17.1 Å². The molecule has 0 spiro atoms. The van der Waals surface area contributed by atoms with E-state index in [-0.39, 0.29) is 5.91 Å². The molecule has 1 N–H and O–H groups in total. The summed E-state index contributed by atoms with van der Waals surface area (Å²) in [6.45, 7) is 6.05. The second-order valence-corrected chi connectivity index (χ2v) is 5.61. The number of hydrogen-bond acceptors (Lipinski definition) is 3. The van der Waals surface area contributed by atoms with E-state index < -0.39 is 0 Å². The number of rotatable bonds is 4. The van der Waals surface area contributed by atoms with Crippen molar-refractivity contribution in [1.29, 1.82) is 0 Å². The Morgan fingerprint density at radius 2 is 2.16 bits per heavy atom. The predicted molar refractivity (Wildman–Crippen MR) is 79.7 cm³/mol. The molecule has 3 nitrogen and oxygen atoms in total. The highest BCUT2D eigenvalue weighted by Gasteiger charge is 2.10. The number of aromatic nitrogens is 1. The van der Waals surface area contributed by atoms with Crippen molar-refractivity contribution in [2.45, 2.75) is 33.6 Å². The van der Waals surface area contributed by atoms with Crippen LogP contribution in [0, 0.1) is 13.8 Å². The zero-order valence-electron chi connectivity index (χ0n) is 11.5. The summed E-state index contributed by atoms with van der Waals surface area (Å²) >= 11 is 1.57. The largest absolute Gasteiger partial charge is 0.325 e. The number of nitrogens with one attached hydrogen (secondary N) is 1. The van der Waals surface area contributed by atoms with Crippen molar-refractivity contribution in [2.24, 2.45) is 0 Å². The van der Waals surface area contributed by atoms with Crippen molar-refractivity contribution in [3.63, 3.8) is 0 Å². The number of hydrogen-bond donors (Lipinski definition) is 1. The summed E-state index contributed by atoms with van der Waals surface area (Å²) in [6.07, 6.45) is 1.24. The van der Waals surface area contributed by atoms with Gasteiger partial charge >= 0.3 is 0 Å². The van der Waals surface area contributed by atoms with Gasteiger partial charge in [-0.1, -0.05) is 25.1 Å². The summed E-state index contributed by atoms with van der Waals surface area (Å²) in [5.74, 6) is -0.00528. The van der Waals surface area contributed by atoms with Crippen LogP contribution in [-0.4, -0.2) is 10.9 Å². The fourth-order valence-corrected chi connectivity index (χ4v) is 2.65. The van der Waals surface area contributed by atoms with Crippen LogP contribution in [0.15, 0.2) is 23.6 Å². The lowest BCUT2D eigenvalue weighted by molar-refractivity contribution is -0.115. The first kappa shape index (κ1) is 13.7. The molecule has 4 heteroatoms. The van der Waals surface area contributed by atoms with E-state index in [4.69, 9.17) is 0 Å². The van der Waals surface area contributed by atoms with Crippen LogP contribution in [0.1, 0.15) is 28.8 Å². The number of para-hydroxylation sites is 1. The van der Waals surface area contributed by atoms with E-state index >= 15 is 0 Å². The summed E-state index contributed by atoms with van der Waals surface area (Å²) in [5.41, 5.74) is 4.05. The van der Waals surface area contributed by atoms with Gasteiger partial charge in [0, 0.05) is 11.1 Å². The van der Waals surface area contributed by atoms with Crippen molar-refractivity contribution >= 4 is 22.9 Å². The van der Waals surface area contributed by atoms with Gasteiger partial charge in [-0.3, -0.25) is 4.79 Å². The van der Waals surface area contributed by atoms with Gasteiger partial charge in [0.15, 0.2) is 0 Å². The fraction of sp³-hybridized carbons (Fsp3) is 0.333. The van der Waals surface area contributed by atoms with Crippen molar-refractivity contribution < 1.29 is 4.79 Å². The third-order valence-electron chi connectivity index (χ3n) is 3.01. The Morgan fingerprint density at radius 3 is 2.79 bits per heavy atom. The van der Waals surface area contributed by atoms with Crippen molar-refractivity contribution in [2.75, 3.05) is 5.32 Å². The Bertz CT molecular complexity index is 590. The van der Waals surface area contributed by atoms with E-state index in [0.717, 1.165) is 28.4 Å². The first-order chi connectivity index (χ1) is 9.10. The number of aryl methyl sites for hydroxylation is 3. The van der Waals surface area contributed by atoms with Crippen molar-refractivity contribution in [3.05, 3.63) is 45.4 Å². The average Bonchev–Trinajstić information content (AvgIpc) is 2.77. The van der Waals surface area contributed by atoms with Gasteiger partial charge in [-0.05, 0) is 31.4 Å². The van der Waals surface area contributed by atoms with Crippen LogP contribution in [-0.2, 0) is 17.6 Å². The molecule has 0 saturated carbocycles. The molecule has 0 unspecified atom stereocenters. The number of carbonyl (C=O) groups excluding carboxylic acids is 1. The third kappa shape index (κ3) is 3.41. The molecule has 1 aromatic heterocycles. The molecule has 1 aromatic carbocycles. The number of benzene rings is 1. The second-order valence-electron chi connectivity index (χ2n) is 4.55. The molecular weight excluding hydrogens is 256 g/mol. The molecule has 0 aliphatic rings. The van der Waals surface area contributed by atoms with Gasteiger partial charge in [-0.25, -0.2) is 4.98 Å². The topological polar surface area (TPSA) is 42.0 Å². The zero-order valence-corrected chi connectivity index (χ0v) is 12.3. The van der Waals surface area contributed by atoms with Crippen LogP contribution in [0.2, 0.25) is 0 Å². The molecule has 1 heterocycles. The molecule has 0 aliphatic heterocycles. The van der Waals surface area contributed by atoms with Crippen LogP contribution < -0.4 is 5.32 Å². The van der Waals surface area contributed by atoms with Crippen molar-refractivity contribution in [1.82, 2.24) is 4.98 Å². The lowest BCUT2D eigenvalue weighted by Gasteiger charge is -2.12. The molecule has 0 aliphatic carbocycles. The van der Waals surface area contributed by atoms with E-state index in [2.05, 4.69) is 23.3 Å². The van der Waals surface area contributed by atoms with E-state index in [1.807, 2.05) is 31.4 Å². The van der Waals surface area contributed by atoms with Gasteiger partial charge < -0.3 is 5.32 Å². The van der Waals surface area contributed by atoms with Gasteiger partial charge in [0.1, 0.15) is 0 Å². The molecule has 0 bridgehead atoms. The summed E-state index contributed by atoms with van der Waals surface area (Å²) in [4.78, 5) is 16.4. The summed E-state index contributed by atoms with van der Waals surface area (Å²) in [7, 11) is 0. The Morgan fingerprint density at radius 1 is 1.37 bits per heavy atom. The molecule has 2 rings (SSSR count). The standard InChI is InChI=1S/C15H18N2OS/c1-4-12-7-5-6-10(2)15(12)17-14(18)8-13-9-19-11(3)16-13/h5-7,9H,4,8H2,1-3H3,(H,17,18). The zero-order chi connectivity index (χ0) is 13.8. The van der Waals surface area contributed by atoms with E-state index in [1.165, 1.54) is 5.56 Å². The van der Waals surface area contributed by atoms with Crippen LogP contribution in [0.3, 0.4) is 0 Å². The highest BCUT2D eigenvalue weighted by molar-refractivity contribution is 7.09. The summed E-state index contributed by atoms with van der Waals surface area (Å²) in [5, 5.41) is 5.94. The number of anilines is 1. The van der Waals surface area contributed by atoms with Crippen LogP contribution in [0.4, 0.5) is 5.69 Å². The van der Waals surface area contributed by atoms with Gasteiger partial charge in [-0.2, -0.15) is 0 Å². The molecule has 0 fully saturated rings. The van der Waals surface area contributed by atoms with E-state index in [0.29, 0.717) is 6.42 Å². The lowest BCUT2D eigenvalue weighted by atomic mass is 10.1. The fourth-order valence-electron chi connectivity index (χ4n) is 2.04. The summed E-state index contributed by atoms with van der Waals surface area (Å²) in [6, 6.07) is 6.09. The van der Waals surface area contributed by atoms with Crippen LogP contribution in [0.5, 0.6) is 0 Å². The minimum absolute atomic E-state index is 0.00528. The van der Waals surface area contributed by atoms with E-state index in [9.17, 15) is 4.79 Å². The molecular formula is C15H18N2OS. The molecule has 0 atom stereocenters. The Hall–Kier alpha value is -1.68. The number of thiazole rings is 1. The number of amides is 1. The molecule has 19 heavy (non-hydrogen) atoms. The van der Waals surface area contributed by atoms with Gasteiger partial charge in [0.2, 0.25) is 5.91 Å². The number of nitrogens with zero attached hydrogens (tertiary/aromatic N) is 1. The third-order valence-corrected chi connectivity index (χ3v) is 3.83. The van der Waals surface area contributed by atoms with Gasteiger partial charge in [0.25, 0.3) is 0 Å². The maximum absolute atomic E-state index is 12.1. The van der Waals surface area contributed by atoms with Crippen molar-refractivity contribution in [3.8, 4) is 0 Å². The minimum Gasteiger partial charge on any atom is -0.325 e. The monoisotopic (exact) mass is 274 g/mol. The highest BCUT2D eigenvalue weighted by atomic mass is 32.1. The maximum atomic E-state index is 12.1. The first-order valence-electron chi connectivity index (χ1n) is 6.39. The van der Waals surface area contributed by atoms with Crippen LogP contribution in [0.25, 0.3) is 0 Å². The Balaban J connectivity index is 2.11. The average molecular weight is 274 g/mol. The quantitative estimate of drug-likeness (QED) is 0.927. The SMILES string of the molecule is CCc1cccc(C)c1NC(=O)Cc1csc(C)n1. The predicted octanol–water partition coefficient (Wildman–Crippen LogP) is 3.50. The lowest BCUT2D eigenvalue weighted by Crippen LogP contribution is -2.16. The Labute approximate surface area is 117 Å². The maximum Gasteiger partial charge on any atom is 0.230 e. The normalized spacial score (nSPS) is 10.5.